The summed E-state index contributed by atoms with van der Waals surface area (Å²) >= 11 is 0. The molecular formula is C16H22N4O3. The van der Waals surface area contributed by atoms with Crippen molar-refractivity contribution in [1.29, 1.82) is 0 Å². The Morgan fingerprint density at radius 1 is 1.35 bits per heavy atom. The fourth-order valence-corrected chi connectivity index (χ4v) is 2.28. The third kappa shape index (κ3) is 2.78. The quantitative estimate of drug-likeness (QED) is 0.934. The molecule has 2 aromatic heterocycles. The molecule has 2 heterocycles. The zero-order valence-corrected chi connectivity index (χ0v) is 14.3. The number of pyridine rings is 1. The Bertz CT molecular complexity index is 777. The molecule has 0 fully saturated rings. The van der Waals surface area contributed by atoms with Crippen molar-refractivity contribution in [2.75, 3.05) is 7.05 Å². The summed E-state index contributed by atoms with van der Waals surface area (Å²) in [5, 5.41) is 14.3. The highest BCUT2D eigenvalue weighted by Gasteiger charge is 2.36. The number of fused-ring (bicyclic) bond motifs is 1. The number of hydrogen-bond donors (Lipinski definition) is 1. The minimum absolute atomic E-state index is 0.109. The van der Waals surface area contributed by atoms with E-state index in [2.05, 4.69) is 10.1 Å². The highest BCUT2D eigenvalue weighted by Crippen LogP contribution is 2.24. The number of carbonyl (C=O) groups excluding carboxylic acids is 1. The lowest BCUT2D eigenvalue weighted by Gasteiger charge is -2.31. The molecule has 0 saturated heterocycles. The molecule has 0 bridgehead atoms. The number of likely N-dealkylation sites (N-methyl/N-ethyl adjacent to an activating group) is 1. The molecule has 0 saturated carbocycles. The monoisotopic (exact) mass is 318 g/mol. The van der Waals surface area contributed by atoms with E-state index in [0.29, 0.717) is 22.3 Å². The van der Waals surface area contributed by atoms with Gasteiger partial charge in [-0.15, -0.1) is 0 Å². The molecule has 0 atom stereocenters. The maximum atomic E-state index is 12.8. The van der Waals surface area contributed by atoms with Gasteiger partial charge in [-0.2, -0.15) is 5.10 Å². The fraction of sp³-hybridized carbons (Fsp3) is 0.500. The third-order valence-electron chi connectivity index (χ3n) is 4.08. The lowest BCUT2D eigenvalue weighted by atomic mass is 10.0. The van der Waals surface area contributed by atoms with E-state index in [4.69, 9.17) is 0 Å². The Labute approximate surface area is 134 Å². The van der Waals surface area contributed by atoms with Crippen molar-refractivity contribution in [3.63, 3.8) is 0 Å². The minimum Gasteiger partial charge on any atom is -0.480 e. The van der Waals surface area contributed by atoms with E-state index in [-0.39, 0.29) is 11.9 Å². The number of rotatable bonds is 4. The van der Waals surface area contributed by atoms with Gasteiger partial charge in [-0.25, -0.2) is 14.5 Å². The van der Waals surface area contributed by atoms with Crippen LogP contribution in [0.5, 0.6) is 0 Å². The second kappa shape index (κ2) is 5.64. The first-order valence-corrected chi connectivity index (χ1v) is 7.43. The Balaban J connectivity index is 2.60. The van der Waals surface area contributed by atoms with Crippen LogP contribution in [0.25, 0.3) is 11.0 Å². The molecule has 1 amide bonds. The molecule has 23 heavy (non-hydrogen) atoms. The van der Waals surface area contributed by atoms with E-state index >= 15 is 0 Å². The van der Waals surface area contributed by atoms with Crippen molar-refractivity contribution in [1.82, 2.24) is 19.7 Å². The van der Waals surface area contributed by atoms with Gasteiger partial charge in [0, 0.05) is 18.8 Å². The van der Waals surface area contributed by atoms with Gasteiger partial charge in [0.15, 0.2) is 5.65 Å². The van der Waals surface area contributed by atoms with Crippen molar-refractivity contribution in [3.05, 3.63) is 23.5 Å². The minimum atomic E-state index is -1.31. The van der Waals surface area contributed by atoms with E-state index in [1.807, 2.05) is 13.8 Å². The molecule has 0 aliphatic rings. The Morgan fingerprint density at radius 3 is 2.48 bits per heavy atom. The number of aliphatic carboxylic acids is 1. The lowest BCUT2D eigenvalue weighted by molar-refractivity contribution is -0.147. The maximum absolute atomic E-state index is 12.8. The summed E-state index contributed by atoms with van der Waals surface area (Å²) in [6.07, 6.45) is 1.61. The van der Waals surface area contributed by atoms with Crippen molar-refractivity contribution in [2.24, 2.45) is 0 Å². The highest BCUT2D eigenvalue weighted by molar-refractivity contribution is 6.06. The number of carbonyl (C=O) groups is 2. The second-order valence-corrected chi connectivity index (χ2v) is 6.46. The SMILES string of the molecule is Cc1cc(C(=O)N(C)C(C)(C)C(=O)O)c2cnn(C(C)C)c2n1. The molecule has 0 aliphatic heterocycles. The summed E-state index contributed by atoms with van der Waals surface area (Å²) in [6.45, 7) is 8.76. The average Bonchev–Trinajstić information content (AvgIpc) is 2.88. The summed E-state index contributed by atoms with van der Waals surface area (Å²) < 4.78 is 1.75. The van der Waals surface area contributed by atoms with Gasteiger partial charge in [0.05, 0.1) is 17.1 Å². The van der Waals surface area contributed by atoms with Crippen LogP contribution in [0.1, 0.15) is 49.8 Å². The van der Waals surface area contributed by atoms with Crippen LogP contribution in [0.2, 0.25) is 0 Å². The molecule has 0 spiro atoms. The molecule has 2 aromatic rings. The van der Waals surface area contributed by atoms with Crippen molar-refractivity contribution < 1.29 is 14.7 Å². The zero-order valence-electron chi connectivity index (χ0n) is 14.3. The predicted octanol–water partition coefficient (Wildman–Crippen LogP) is 2.26. The van der Waals surface area contributed by atoms with Crippen LogP contribution in [0.15, 0.2) is 12.3 Å². The second-order valence-electron chi connectivity index (χ2n) is 6.46. The number of hydrogen-bond acceptors (Lipinski definition) is 4. The standard InChI is InChI=1S/C16H22N4O3/c1-9(2)20-13-12(8-17-20)11(7-10(3)18-13)14(21)19(6)16(4,5)15(22)23/h7-9H,1-6H3,(H,22,23). The summed E-state index contributed by atoms with van der Waals surface area (Å²) in [5.74, 6) is -1.43. The fourth-order valence-electron chi connectivity index (χ4n) is 2.28. The number of carboxylic acid groups (broad SMARTS) is 1. The average molecular weight is 318 g/mol. The summed E-state index contributed by atoms with van der Waals surface area (Å²) in [7, 11) is 1.49. The number of amides is 1. The van der Waals surface area contributed by atoms with Crippen LogP contribution in [0.3, 0.4) is 0 Å². The van der Waals surface area contributed by atoms with Crippen LogP contribution in [-0.2, 0) is 4.79 Å². The van der Waals surface area contributed by atoms with Gasteiger partial charge in [-0.3, -0.25) is 4.79 Å². The van der Waals surface area contributed by atoms with Gasteiger partial charge in [0.2, 0.25) is 0 Å². The number of aryl methyl sites for hydroxylation is 1. The molecule has 1 N–H and O–H groups in total. The zero-order chi connectivity index (χ0) is 17.5. The molecule has 7 heteroatoms. The molecule has 0 aliphatic carbocycles. The lowest BCUT2D eigenvalue weighted by Crippen LogP contribution is -2.50. The first-order chi connectivity index (χ1) is 10.6. The van der Waals surface area contributed by atoms with Gasteiger partial charge in [-0.1, -0.05) is 0 Å². The molecule has 7 nitrogen and oxygen atoms in total. The van der Waals surface area contributed by atoms with Crippen LogP contribution < -0.4 is 0 Å². The van der Waals surface area contributed by atoms with Crippen LogP contribution in [0.4, 0.5) is 0 Å². The molecular weight excluding hydrogens is 296 g/mol. The highest BCUT2D eigenvalue weighted by atomic mass is 16.4. The van der Waals surface area contributed by atoms with Crippen molar-refractivity contribution >= 4 is 22.9 Å². The molecule has 2 rings (SSSR count). The van der Waals surface area contributed by atoms with E-state index in [9.17, 15) is 14.7 Å². The number of aromatic nitrogens is 3. The van der Waals surface area contributed by atoms with Gasteiger partial charge >= 0.3 is 5.97 Å². The van der Waals surface area contributed by atoms with E-state index in [0.717, 1.165) is 0 Å². The Hall–Kier alpha value is -2.44. The van der Waals surface area contributed by atoms with Crippen LogP contribution in [0, 0.1) is 6.92 Å². The number of nitrogens with zero attached hydrogens (tertiary/aromatic N) is 4. The maximum Gasteiger partial charge on any atom is 0.329 e. The van der Waals surface area contributed by atoms with Crippen LogP contribution >= 0.6 is 0 Å². The van der Waals surface area contributed by atoms with Gasteiger partial charge < -0.3 is 10.0 Å². The van der Waals surface area contributed by atoms with Gasteiger partial charge in [0.1, 0.15) is 5.54 Å². The van der Waals surface area contributed by atoms with Crippen LogP contribution in [-0.4, -0.2) is 49.2 Å². The normalized spacial score (nSPS) is 12.0. The van der Waals surface area contributed by atoms with E-state index < -0.39 is 11.5 Å². The van der Waals surface area contributed by atoms with Crippen molar-refractivity contribution in [3.8, 4) is 0 Å². The molecule has 124 valence electrons. The van der Waals surface area contributed by atoms with Crippen molar-refractivity contribution in [2.45, 2.75) is 46.2 Å². The molecule has 0 radical (unpaired) electrons. The first-order valence-electron chi connectivity index (χ1n) is 7.43. The van der Waals surface area contributed by atoms with Gasteiger partial charge in [-0.05, 0) is 40.7 Å². The molecule has 0 aromatic carbocycles. The van der Waals surface area contributed by atoms with Gasteiger partial charge in [0.25, 0.3) is 5.91 Å². The first kappa shape index (κ1) is 16.9. The number of carboxylic acids is 1. The summed E-state index contributed by atoms with van der Waals surface area (Å²) in [5.41, 5.74) is 0.417. The van der Waals surface area contributed by atoms with E-state index in [1.54, 1.807) is 23.9 Å². The molecule has 0 unspecified atom stereocenters. The summed E-state index contributed by atoms with van der Waals surface area (Å²) in [6, 6.07) is 1.78. The summed E-state index contributed by atoms with van der Waals surface area (Å²) in [4.78, 5) is 29.9. The topological polar surface area (TPSA) is 88.3 Å². The predicted molar refractivity (Wildman–Crippen MR) is 86.5 cm³/mol. The smallest absolute Gasteiger partial charge is 0.329 e. The van der Waals surface area contributed by atoms with E-state index in [1.165, 1.54) is 25.8 Å². The Kier molecular flexibility index (Phi) is 4.15. The largest absolute Gasteiger partial charge is 0.480 e. The third-order valence-corrected chi connectivity index (χ3v) is 4.08. The Morgan fingerprint density at radius 2 is 1.96 bits per heavy atom.